The Morgan fingerprint density at radius 3 is 2.82 bits per heavy atom. The first-order chi connectivity index (χ1) is 7.98. The van der Waals surface area contributed by atoms with Gasteiger partial charge in [-0.3, -0.25) is 4.79 Å². The lowest BCUT2D eigenvalue weighted by Crippen LogP contribution is -2.06. The Morgan fingerprint density at radius 2 is 2.18 bits per heavy atom. The maximum absolute atomic E-state index is 10.2. The molecule has 0 aliphatic rings. The number of carbonyl (C=O) groups is 1. The van der Waals surface area contributed by atoms with E-state index in [1.807, 2.05) is 0 Å². The van der Waals surface area contributed by atoms with Gasteiger partial charge in [-0.15, -0.1) is 0 Å². The maximum Gasteiger partial charge on any atom is 0.326 e. The molecule has 0 amide bonds. The molecule has 0 aliphatic heterocycles. The van der Waals surface area contributed by atoms with Crippen LogP contribution < -0.4 is 4.74 Å². The summed E-state index contributed by atoms with van der Waals surface area (Å²) in [6.45, 7) is 6.57. The minimum Gasteiger partial charge on any atom is -0.393 e. The minimum atomic E-state index is 0.00584. The standard InChI is InChI=1S/C10H12N4O2S/c1-10(2,3)17-9-12-6-4-11-8(16-5-15)13-7(6)14-9/h4-5H,1-3H3,(H,11,12,13,14). The van der Waals surface area contributed by atoms with E-state index in [9.17, 15) is 4.79 Å². The molecule has 0 aromatic carbocycles. The summed E-state index contributed by atoms with van der Waals surface area (Å²) in [5.74, 6) is 0. The number of thioether (sulfide) groups is 1. The van der Waals surface area contributed by atoms with E-state index in [-0.39, 0.29) is 10.8 Å². The van der Waals surface area contributed by atoms with Crippen LogP contribution in [0.2, 0.25) is 0 Å². The smallest absolute Gasteiger partial charge is 0.326 e. The number of nitrogens with one attached hydrogen (secondary N) is 1. The highest BCUT2D eigenvalue weighted by molar-refractivity contribution is 8.00. The van der Waals surface area contributed by atoms with Gasteiger partial charge in [-0.25, -0.2) is 9.97 Å². The van der Waals surface area contributed by atoms with E-state index in [0.717, 1.165) is 10.7 Å². The number of aromatic nitrogens is 4. The third kappa shape index (κ3) is 2.94. The molecule has 0 atom stereocenters. The van der Waals surface area contributed by atoms with Crippen LogP contribution in [0.3, 0.4) is 0 Å². The Balaban J connectivity index is 2.33. The van der Waals surface area contributed by atoms with E-state index in [1.165, 1.54) is 0 Å². The zero-order chi connectivity index (χ0) is 12.5. The van der Waals surface area contributed by atoms with Crippen LogP contribution in [-0.2, 0) is 4.79 Å². The molecule has 0 bridgehead atoms. The molecule has 1 N–H and O–H groups in total. The molecule has 0 aliphatic carbocycles. The monoisotopic (exact) mass is 252 g/mol. The maximum atomic E-state index is 10.2. The molecule has 7 heteroatoms. The second-order valence-electron chi connectivity index (χ2n) is 4.36. The molecule has 0 saturated carbocycles. The van der Waals surface area contributed by atoms with Crippen LogP contribution >= 0.6 is 11.8 Å². The number of hydrogen-bond acceptors (Lipinski definition) is 6. The van der Waals surface area contributed by atoms with E-state index in [1.54, 1.807) is 18.0 Å². The predicted molar refractivity (Wildman–Crippen MR) is 64.0 cm³/mol. The van der Waals surface area contributed by atoms with Crippen molar-refractivity contribution >= 4 is 29.4 Å². The van der Waals surface area contributed by atoms with Gasteiger partial charge in [0.1, 0.15) is 5.52 Å². The zero-order valence-electron chi connectivity index (χ0n) is 9.72. The molecule has 0 unspecified atom stereocenters. The van der Waals surface area contributed by atoms with Gasteiger partial charge in [-0.05, 0) is 0 Å². The molecule has 2 rings (SSSR count). The van der Waals surface area contributed by atoms with Crippen molar-refractivity contribution in [3.05, 3.63) is 6.20 Å². The van der Waals surface area contributed by atoms with Crippen LogP contribution in [-0.4, -0.2) is 31.2 Å². The fourth-order valence-electron chi connectivity index (χ4n) is 1.21. The van der Waals surface area contributed by atoms with Crippen LogP contribution in [0.5, 0.6) is 6.01 Å². The summed E-state index contributed by atoms with van der Waals surface area (Å²) in [5.41, 5.74) is 1.21. The molecular formula is C10H12N4O2S. The van der Waals surface area contributed by atoms with E-state index in [2.05, 4.69) is 45.4 Å². The third-order valence-electron chi connectivity index (χ3n) is 1.75. The largest absolute Gasteiger partial charge is 0.393 e. The van der Waals surface area contributed by atoms with E-state index in [0.29, 0.717) is 12.1 Å². The number of rotatable bonds is 3. The third-order valence-corrected chi connectivity index (χ3v) is 2.75. The number of hydrogen-bond donors (Lipinski definition) is 1. The number of carbonyl (C=O) groups excluding carboxylic acids is 1. The normalized spacial score (nSPS) is 11.7. The number of H-pyrrole nitrogens is 1. The van der Waals surface area contributed by atoms with Crippen molar-refractivity contribution in [3.63, 3.8) is 0 Å². The Morgan fingerprint density at radius 1 is 1.41 bits per heavy atom. The number of fused-ring (bicyclic) bond motifs is 1. The molecular weight excluding hydrogens is 240 g/mol. The SMILES string of the molecule is CC(C)(C)Sc1nc2nc(OC=O)ncc2[nH]1. The summed E-state index contributed by atoms with van der Waals surface area (Å²) in [4.78, 5) is 25.4. The van der Waals surface area contributed by atoms with Crippen LogP contribution in [0.15, 0.2) is 11.4 Å². The van der Waals surface area contributed by atoms with Crippen molar-refractivity contribution in [2.45, 2.75) is 30.7 Å². The molecule has 2 heterocycles. The number of nitrogens with zero attached hydrogens (tertiary/aromatic N) is 3. The van der Waals surface area contributed by atoms with E-state index in [4.69, 9.17) is 0 Å². The van der Waals surface area contributed by atoms with Gasteiger partial charge >= 0.3 is 12.5 Å². The van der Waals surface area contributed by atoms with Crippen molar-refractivity contribution in [2.75, 3.05) is 0 Å². The topological polar surface area (TPSA) is 80.8 Å². The van der Waals surface area contributed by atoms with Crippen LogP contribution in [0.1, 0.15) is 20.8 Å². The first-order valence-electron chi connectivity index (χ1n) is 5.00. The van der Waals surface area contributed by atoms with Crippen molar-refractivity contribution in [2.24, 2.45) is 0 Å². The Kier molecular flexibility index (Phi) is 3.01. The molecule has 0 spiro atoms. The second-order valence-corrected chi connectivity index (χ2v) is 6.18. The van der Waals surface area contributed by atoms with Crippen LogP contribution in [0.25, 0.3) is 11.2 Å². The van der Waals surface area contributed by atoms with Gasteiger partial charge in [-0.2, -0.15) is 4.98 Å². The highest BCUT2D eigenvalue weighted by Crippen LogP contribution is 2.30. The lowest BCUT2D eigenvalue weighted by molar-refractivity contribution is -0.121. The molecule has 0 saturated heterocycles. The van der Waals surface area contributed by atoms with Gasteiger partial charge in [0.05, 0.1) is 6.20 Å². The molecule has 0 radical (unpaired) electrons. The molecule has 90 valence electrons. The molecule has 17 heavy (non-hydrogen) atoms. The van der Waals surface area contributed by atoms with Gasteiger partial charge in [-0.1, -0.05) is 32.5 Å². The van der Waals surface area contributed by atoms with Crippen molar-refractivity contribution in [1.29, 1.82) is 0 Å². The summed E-state index contributed by atoms with van der Waals surface area (Å²) in [5, 5.41) is 0.769. The highest BCUT2D eigenvalue weighted by Gasteiger charge is 2.16. The quantitative estimate of drug-likeness (QED) is 0.662. The van der Waals surface area contributed by atoms with Gasteiger partial charge in [0, 0.05) is 4.75 Å². The predicted octanol–water partition coefficient (Wildman–Crippen LogP) is 1.78. The van der Waals surface area contributed by atoms with E-state index >= 15 is 0 Å². The first kappa shape index (κ1) is 11.8. The Labute approximate surface area is 102 Å². The summed E-state index contributed by atoms with van der Waals surface area (Å²) >= 11 is 1.60. The first-order valence-corrected chi connectivity index (χ1v) is 5.82. The summed E-state index contributed by atoms with van der Waals surface area (Å²) < 4.78 is 4.62. The lowest BCUT2D eigenvalue weighted by Gasteiger charge is -2.14. The fourth-order valence-corrected chi connectivity index (χ4v) is 2.08. The van der Waals surface area contributed by atoms with Gasteiger partial charge < -0.3 is 9.72 Å². The average molecular weight is 252 g/mol. The molecule has 2 aromatic heterocycles. The summed E-state index contributed by atoms with van der Waals surface area (Å²) in [6, 6.07) is 0.00584. The number of imidazole rings is 1. The van der Waals surface area contributed by atoms with Crippen molar-refractivity contribution < 1.29 is 9.53 Å². The fraction of sp³-hybridized carbons (Fsp3) is 0.400. The molecule has 2 aromatic rings. The Bertz CT molecular complexity index is 547. The number of aromatic amines is 1. The van der Waals surface area contributed by atoms with Gasteiger partial charge in [0.2, 0.25) is 0 Å². The second kappa shape index (κ2) is 4.33. The van der Waals surface area contributed by atoms with Gasteiger partial charge in [0.15, 0.2) is 10.8 Å². The molecule has 0 fully saturated rings. The zero-order valence-corrected chi connectivity index (χ0v) is 10.5. The van der Waals surface area contributed by atoms with E-state index < -0.39 is 0 Å². The van der Waals surface area contributed by atoms with Crippen LogP contribution in [0.4, 0.5) is 0 Å². The summed E-state index contributed by atoms with van der Waals surface area (Å²) in [7, 11) is 0. The minimum absolute atomic E-state index is 0.00584. The summed E-state index contributed by atoms with van der Waals surface area (Å²) in [6.07, 6.45) is 1.54. The highest BCUT2D eigenvalue weighted by atomic mass is 32.2. The van der Waals surface area contributed by atoms with Crippen molar-refractivity contribution in [3.8, 4) is 6.01 Å². The Hall–Kier alpha value is -1.63. The molecule has 6 nitrogen and oxygen atoms in total. The average Bonchev–Trinajstić information content (AvgIpc) is 2.56. The van der Waals surface area contributed by atoms with Crippen LogP contribution in [0, 0.1) is 0 Å². The lowest BCUT2D eigenvalue weighted by atomic mass is 10.3. The number of ether oxygens (including phenoxy) is 1. The van der Waals surface area contributed by atoms with Crippen molar-refractivity contribution in [1.82, 2.24) is 19.9 Å². The van der Waals surface area contributed by atoms with Gasteiger partial charge in [0.25, 0.3) is 0 Å².